The highest BCUT2D eigenvalue weighted by Crippen LogP contribution is 2.44. The number of sulfonamides is 1. The fourth-order valence-electron chi connectivity index (χ4n) is 1.63. The fourth-order valence-corrected chi connectivity index (χ4v) is 4.18. The van der Waals surface area contributed by atoms with Crippen molar-refractivity contribution < 1.29 is 23.4 Å². The summed E-state index contributed by atoms with van der Waals surface area (Å²) in [5, 5.41) is 17.8. The van der Waals surface area contributed by atoms with E-state index < -0.39 is 16.0 Å². The predicted octanol–water partition coefficient (Wildman–Crippen LogP) is 0.426. The molecule has 1 aromatic rings. The van der Waals surface area contributed by atoms with Crippen molar-refractivity contribution in [1.29, 1.82) is 0 Å². The van der Waals surface area contributed by atoms with Crippen molar-refractivity contribution in [3.8, 4) is 0 Å². The van der Waals surface area contributed by atoms with Crippen molar-refractivity contribution in [2.24, 2.45) is 5.41 Å². The van der Waals surface area contributed by atoms with Crippen molar-refractivity contribution in [2.75, 3.05) is 13.2 Å². The van der Waals surface area contributed by atoms with Gasteiger partial charge in [-0.15, -0.1) is 11.3 Å². The zero-order valence-corrected chi connectivity index (χ0v) is 11.8. The molecule has 6 nitrogen and oxygen atoms in total. The number of aliphatic hydroxyl groups is 1. The first-order valence-corrected chi connectivity index (χ1v) is 8.08. The van der Waals surface area contributed by atoms with E-state index >= 15 is 0 Å². The summed E-state index contributed by atoms with van der Waals surface area (Å²) in [6, 6.07) is 2.91. The second kappa shape index (κ2) is 5.20. The number of aliphatic carboxylic acids is 1. The van der Waals surface area contributed by atoms with Crippen LogP contribution in [0.5, 0.6) is 0 Å². The minimum Gasteiger partial charge on any atom is -0.481 e. The van der Waals surface area contributed by atoms with Crippen molar-refractivity contribution in [3.63, 3.8) is 0 Å². The van der Waals surface area contributed by atoms with Crippen LogP contribution in [0.3, 0.4) is 0 Å². The van der Waals surface area contributed by atoms with E-state index in [0.717, 1.165) is 24.2 Å². The number of hydrogen-bond acceptors (Lipinski definition) is 5. The average molecular weight is 305 g/mol. The third-order valence-corrected chi connectivity index (χ3v) is 6.14. The third-order valence-electron chi connectivity index (χ3n) is 3.16. The summed E-state index contributed by atoms with van der Waals surface area (Å²) < 4.78 is 26.6. The van der Waals surface area contributed by atoms with E-state index in [1.807, 2.05) is 0 Å². The lowest BCUT2D eigenvalue weighted by Gasteiger charge is -2.12. The number of rotatable bonds is 7. The molecule has 1 aliphatic carbocycles. The molecule has 0 atom stereocenters. The van der Waals surface area contributed by atoms with Crippen molar-refractivity contribution in [1.82, 2.24) is 4.72 Å². The summed E-state index contributed by atoms with van der Waals surface area (Å²) in [6.07, 6.45) is 1.46. The van der Waals surface area contributed by atoms with Gasteiger partial charge >= 0.3 is 5.97 Å². The summed E-state index contributed by atoms with van der Waals surface area (Å²) in [4.78, 5) is 11.0. The van der Waals surface area contributed by atoms with Gasteiger partial charge in [0.2, 0.25) is 10.0 Å². The van der Waals surface area contributed by atoms with E-state index in [-0.39, 0.29) is 29.2 Å². The zero-order valence-electron chi connectivity index (χ0n) is 10.1. The lowest BCUT2D eigenvalue weighted by molar-refractivity contribution is -0.136. The number of nitrogens with one attached hydrogen (secondary N) is 1. The quantitative estimate of drug-likeness (QED) is 0.677. The zero-order chi connectivity index (χ0) is 14.1. The van der Waals surface area contributed by atoms with E-state index in [9.17, 15) is 13.2 Å². The Morgan fingerprint density at radius 1 is 1.42 bits per heavy atom. The largest absolute Gasteiger partial charge is 0.481 e. The van der Waals surface area contributed by atoms with Crippen LogP contribution in [0.4, 0.5) is 0 Å². The normalized spacial score (nSPS) is 17.3. The van der Waals surface area contributed by atoms with Gasteiger partial charge in [0.25, 0.3) is 0 Å². The van der Waals surface area contributed by atoms with Gasteiger partial charge < -0.3 is 10.2 Å². The molecule has 0 aliphatic heterocycles. The molecule has 106 valence electrons. The molecule has 0 saturated heterocycles. The minimum absolute atomic E-state index is 0.0236. The molecule has 1 fully saturated rings. The number of hydrogen-bond donors (Lipinski definition) is 3. The van der Waals surface area contributed by atoms with Crippen LogP contribution in [0, 0.1) is 5.41 Å². The van der Waals surface area contributed by atoms with E-state index in [2.05, 4.69) is 4.72 Å². The monoisotopic (exact) mass is 305 g/mol. The Morgan fingerprint density at radius 3 is 2.63 bits per heavy atom. The molecule has 1 heterocycles. The van der Waals surface area contributed by atoms with Gasteiger partial charge in [0, 0.05) is 23.4 Å². The summed E-state index contributed by atoms with van der Waals surface area (Å²) in [6.45, 7) is 0.197. The maximum absolute atomic E-state index is 12.0. The smallest absolute Gasteiger partial charge is 0.308 e. The van der Waals surface area contributed by atoms with Crippen LogP contribution in [-0.4, -0.2) is 37.8 Å². The highest BCUT2D eigenvalue weighted by molar-refractivity contribution is 7.91. The Balaban J connectivity index is 2.02. The Hall–Kier alpha value is -0.960. The second-order valence-corrected chi connectivity index (χ2v) is 7.94. The second-order valence-electron chi connectivity index (χ2n) is 4.77. The summed E-state index contributed by atoms with van der Waals surface area (Å²) in [5.74, 6) is -0.990. The minimum atomic E-state index is -3.61. The molecule has 3 N–H and O–H groups in total. The van der Waals surface area contributed by atoms with Crippen LogP contribution in [0.15, 0.2) is 16.3 Å². The van der Waals surface area contributed by atoms with E-state index in [1.165, 1.54) is 12.1 Å². The first-order chi connectivity index (χ1) is 8.87. The first-order valence-electron chi connectivity index (χ1n) is 5.78. The highest BCUT2D eigenvalue weighted by atomic mass is 32.2. The van der Waals surface area contributed by atoms with Crippen LogP contribution in [0.25, 0.3) is 0 Å². The van der Waals surface area contributed by atoms with E-state index in [0.29, 0.717) is 4.88 Å². The van der Waals surface area contributed by atoms with Crippen molar-refractivity contribution in [2.45, 2.75) is 23.5 Å². The topological polar surface area (TPSA) is 104 Å². The van der Waals surface area contributed by atoms with Gasteiger partial charge in [-0.25, -0.2) is 13.1 Å². The number of thiophene rings is 1. The van der Waals surface area contributed by atoms with Crippen molar-refractivity contribution in [3.05, 3.63) is 17.0 Å². The molecule has 2 rings (SSSR count). The molecule has 0 unspecified atom stereocenters. The van der Waals surface area contributed by atoms with Gasteiger partial charge in [0.1, 0.15) is 4.21 Å². The van der Waals surface area contributed by atoms with E-state index in [4.69, 9.17) is 10.2 Å². The Kier molecular flexibility index (Phi) is 3.95. The average Bonchev–Trinajstić information content (AvgIpc) is 2.98. The molecule has 0 spiro atoms. The summed E-state index contributed by atoms with van der Waals surface area (Å²) in [5.41, 5.74) is -0.297. The predicted molar refractivity (Wildman–Crippen MR) is 69.6 cm³/mol. The van der Waals surface area contributed by atoms with Crippen LogP contribution in [0.2, 0.25) is 0 Å². The lowest BCUT2D eigenvalue weighted by Crippen LogP contribution is -2.31. The molecule has 1 aliphatic rings. The van der Waals surface area contributed by atoms with Crippen LogP contribution in [-0.2, 0) is 21.2 Å². The van der Waals surface area contributed by atoms with Gasteiger partial charge in [0.15, 0.2) is 0 Å². The van der Waals surface area contributed by atoms with Crippen LogP contribution in [0.1, 0.15) is 17.7 Å². The van der Waals surface area contributed by atoms with Gasteiger partial charge in [0.05, 0.1) is 6.42 Å². The van der Waals surface area contributed by atoms with E-state index in [1.54, 1.807) is 0 Å². The number of carboxylic acid groups (broad SMARTS) is 1. The molecular formula is C11H15NO5S2. The fraction of sp³-hybridized carbons (Fsp3) is 0.545. The van der Waals surface area contributed by atoms with Gasteiger partial charge in [-0.1, -0.05) is 0 Å². The SMILES string of the molecule is O=C(O)Cc1ccc(S(=O)(=O)NCC2(CO)CC2)s1. The highest BCUT2D eigenvalue weighted by Gasteiger charge is 2.42. The van der Waals surface area contributed by atoms with Gasteiger partial charge in [-0.2, -0.15) is 0 Å². The molecule has 0 aromatic carbocycles. The van der Waals surface area contributed by atoms with Crippen molar-refractivity contribution >= 4 is 27.3 Å². The Morgan fingerprint density at radius 2 is 2.11 bits per heavy atom. The summed E-state index contributed by atoms with van der Waals surface area (Å²) >= 11 is 0.953. The number of aliphatic hydroxyl groups excluding tert-OH is 1. The molecule has 0 bridgehead atoms. The standard InChI is InChI=1S/C11H15NO5S2/c13-7-11(3-4-11)6-12-19(16,17)10-2-1-8(18-10)5-9(14)15/h1-2,12-13H,3-7H2,(H,14,15). The molecule has 1 aromatic heterocycles. The van der Waals surface area contributed by atoms with Gasteiger partial charge in [-0.05, 0) is 25.0 Å². The van der Waals surface area contributed by atoms with Gasteiger partial charge in [-0.3, -0.25) is 4.79 Å². The maximum atomic E-state index is 12.0. The first kappa shape index (κ1) is 14.4. The Bertz CT molecular complexity index is 574. The molecule has 0 radical (unpaired) electrons. The molecule has 19 heavy (non-hydrogen) atoms. The lowest BCUT2D eigenvalue weighted by atomic mass is 10.1. The molecule has 0 amide bonds. The number of carbonyl (C=O) groups is 1. The number of carboxylic acids is 1. The third kappa shape index (κ3) is 3.53. The maximum Gasteiger partial charge on any atom is 0.308 e. The molecular weight excluding hydrogens is 290 g/mol. The molecule has 8 heteroatoms. The molecule has 1 saturated carbocycles. The van der Waals surface area contributed by atoms with Crippen LogP contribution >= 0.6 is 11.3 Å². The summed E-state index contributed by atoms with van der Waals surface area (Å²) in [7, 11) is -3.61. The Labute approximate surface area is 115 Å². The van der Waals surface area contributed by atoms with Crippen LogP contribution < -0.4 is 4.72 Å².